The van der Waals surface area contributed by atoms with Crippen LogP contribution in [0.2, 0.25) is 0 Å². The maximum Gasteiger partial charge on any atom is 0.261 e. The molecule has 2 aromatic carbocycles. The number of carbonyl (C=O) groups is 1. The van der Waals surface area contributed by atoms with Gasteiger partial charge < -0.3 is 19.5 Å². The highest BCUT2D eigenvalue weighted by Gasteiger charge is 2.35. The number of benzene rings is 2. The van der Waals surface area contributed by atoms with Crippen LogP contribution in [0.4, 0.5) is 0 Å². The predicted molar refractivity (Wildman–Crippen MR) is 104 cm³/mol. The van der Waals surface area contributed by atoms with Gasteiger partial charge in [0.25, 0.3) is 5.91 Å². The van der Waals surface area contributed by atoms with E-state index in [-0.39, 0.29) is 17.6 Å². The second kappa shape index (κ2) is 7.51. The summed E-state index contributed by atoms with van der Waals surface area (Å²) in [5.74, 6) is 2.03. The first-order chi connectivity index (χ1) is 12.8. The summed E-state index contributed by atoms with van der Waals surface area (Å²) >= 11 is 0. The molecule has 1 aliphatic heterocycles. The molecule has 0 saturated heterocycles. The average Bonchev–Trinajstić information content (AvgIpc) is 2.60. The van der Waals surface area contributed by atoms with E-state index < -0.39 is 6.10 Å². The van der Waals surface area contributed by atoms with E-state index in [4.69, 9.17) is 14.2 Å². The molecule has 0 aromatic heterocycles. The monoisotopic (exact) mass is 369 g/mol. The summed E-state index contributed by atoms with van der Waals surface area (Å²) in [5, 5.41) is 3.12. The molecule has 2 aromatic rings. The Balaban J connectivity index is 1.76. The summed E-state index contributed by atoms with van der Waals surface area (Å²) in [6, 6.07) is 13.2. The molecule has 0 spiro atoms. The molecule has 5 heteroatoms. The third-order valence-electron chi connectivity index (χ3n) is 4.66. The third kappa shape index (κ3) is 4.54. The van der Waals surface area contributed by atoms with Gasteiger partial charge in [-0.25, -0.2) is 0 Å². The molecule has 0 unspecified atom stereocenters. The van der Waals surface area contributed by atoms with Crippen molar-refractivity contribution < 1.29 is 19.0 Å². The molecule has 2 atom stereocenters. The molecule has 1 N–H and O–H groups in total. The average molecular weight is 369 g/mol. The third-order valence-corrected chi connectivity index (χ3v) is 4.66. The molecule has 0 aliphatic carbocycles. The standard InChI is InChI=1S/C22H27NO4/c1-14-7-6-8-17(11-14)26-15(2)21(24)23-19-13-22(3,4)27-20-10-9-16(25-5)12-18(19)20/h6-12,15,19H,13H2,1-5H3,(H,23,24)/t15-,19+/m0/s1. The lowest BCUT2D eigenvalue weighted by molar-refractivity contribution is -0.128. The molecule has 144 valence electrons. The zero-order valence-corrected chi connectivity index (χ0v) is 16.5. The van der Waals surface area contributed by atoms with Crippen molar-refractivity contribution >= 4 is 5.91 Å². The van der Waals surface area contributed by atoms with Crippen LogP contribution >= 0.6 is 0 Å². The van der Waals surface area contributed by atoms with E-state index in [1.165, 1.54) is 0 Å². The molecule has 0 saturated carbocycles. The molecule has 0 bridgehead atoms. The first-order valence-corrected chi connectivity index (χ1v) is 9.18. The second-order valence-electron chi connectivity index (χ2n) is 7.61. The number of hydrogen-bond acceptors (Lipinski definition) is 4. The highest BCUT2D eigenvalue weighted by atomic mass is 16.5. The van der Waals surface area contributed by atoms with Gasteiger partial charge in [0.2, 0.25) is 0 Å². The van der Waals surface area contributed by atoms with Gasteiger partial charge in [0.05, 0.1) is 13.2 Å². The van der Waals surface area contributed by atoms with Crippen molar-refractivity contribution in [2.75, 3.05) is 7.11 Å². The number of rotatable bonds is 5. The van der Waals surface area contributed by atoms with Crippen molar-refractivity contribution in [1.82, 2.24) is 5.32 Å². The normalized spacial score (nSPS) is 18.6. The Morgan fingerprint density at radius 1 is 1.22 bits per heavy atom. The molecule has 1 heterocycles. The number of fused-ring (bicyclic) bond motifs is 1. The van der Waals surface area contributed by atoms with Gasteiger partial charge in [0, 0.05) is 12.0 Å². The van der Waals surface area contributed by atoms with Crippen LogP contribution in [0.5, 0.6) is 17.2 Å². The van der Waals surface area contributed by atoms with Crippen LogP contribution in [0.15, 0.2) is 42.5 Å². The zero-order chi connectivity index (χ0) is 19.6. The fourth-order valence-electron chi connectivity index (χ4n) is 3.32. The minimum atomic E-state index is -0.605. The van der Waals surface area contributed by atoms with Crippen molar-refractivity contribution in [1.29, 1.82) is 0 Å². The minimum absolute atomic E-state index is 0.159. The van der Waals surface area contributed by atoms with Crippen molar-refractivity contribution in [2.24, 2.45) is 0 Å². The van der Waals surface area contributed by atoms with Crippen molar-refractivity contribution in [3.8, 4) is 17.2 Å². The molecular weight excluding hydrogens is 342 g/mol. The Labute approximate surface area is 160 Å². The van der Waals surface area contributed by atoms with Crippen molar-refractivity contribution in [3.05, 3.63) is 53.6 Å². The van der Waals surface area contributed by atoms with Crippen LogP contribution in [0.3, 0.4) is 0 Å². The Morgan fingerprint density at radius 3 is 2.70 bits per heavy atom. The van der Waals surface area contributed by atoms with Crippen LogP contribution < -0.4 is 19.5 Å². The number of hydrogen-bond donors (Lipinski definition) is 1. The summed E-state index contributed by atoms with van der Waals surface area (Å²) in [7, 11) is 1.63. The Kier molecular flexibility index (Phi) is 5.31. The largest absolute Gasteiger partial charge is 0.497 e. The van der Waals surface area contributed by atoms with E-state index in [1.807, 2.05) is 63.2 Å². The molecule has 1 amide bonds. The Hall–Kier alpha value is -2.69. The summed E-state index contributed by atoms with van der Waals surface area (Å²) in [6.45, 7) is 7.79. The van der Waals surface area contributed by atoms with Crippen LogP contribution in [0.1, 0.15) is 44.4 Å². The van der Waals surface area contributed by atoms with Gasteiger partial charge in [-0.2, -0.15) is 0 Å². The van der Waals surface area contributed by atoms with Gasteiger partial charge in [-0.15, -0.1) is 0 Å². The van der Waals surface area contributed by atoms with E-state index in [9.17, 15) is 4.79 Å². The van der Waals surface area contributed by atoms with Gasteiger partial charge in [-0.05, 0) is 63.6 Å². The fraction of sp³-hybridized carbons (Fsp3) is 0.409. The maximum atomic E-state index is 12.8. The minimum Gasteiger partial charge on any atom is -0.497 e. The summed E-state index contributed by atoms with van der Waals surface area (Å²) in [6.07, 6.45) is 0.0580. The van der Waals surface area contributed by atoms with Gasteiger partial charge in [-0.3, -0.25) is 4.79 Å². The molecule has 1 aliphatic rings. The lowest BCUT2D eigenvalue weighted by Crippen LogP contribution is -2.44. The van der Waals surface area contributed by atoms with E-state index >= 15 is 0 Å². The molecule has 0 fully saturated rings. The number of methoxy groups -OCH3 is 1. The van der Waals surface area contributed by atoms with Crippen molar-refractivity contribution in [3.63, 3.8) is 0 Å². The predicted octanol–water partition coefficient (Wildman–Crippen LogP) is 4.19. The van der Waals surface area contributed by atoms with E-state index in [0.717, 1.165) is 22.6 Å². The number of carbonyl (C=O) groups excluding carboxylic acids is 1. The SMILES string of the molecule is COc1ccc2c(c1)[C@H](NC(=O)[C@H](C)Oc1cccc(C)c1)CC(C)(C)O2. The quantitative estimate of drug-likeness (QED) is 0.859. The highest BCUT2D eigenvalue weighted by molar-refractivity contribution is 5.81. The lowest BCUT2D eigenvalue weighted by atomic mass is 9.89. The molecule has 27 heavy (non-hydrogen) atoms. The summed E-state index contributed by atoms with van der Waals surface area (Å²) < 4.78 is 17.2. The first-order valence-electron chi connectivity index (χ1n) is 9.18. The smallest absolute Gasteiger partial charge is 0.261 e. The fourth-order valence-corrected chi connectivity index (χ4v) is 3.32. The molecular formula is C22H27NO4. The van der Waals surface area contributed by atoms with Crippen LogP contribution in [-0.2, 0) is 4.79 Å². The van der Waals surface area contributed by atoms with E-state index in [0.29, 0.717) is 12.2 Å². The zero-order valence-electron chi connectivity index (χ0n) is 16.5. The van der Waals surface area contributed by atoms with E-state index in [1.54, 1.807) is 14.0 Å². The topological polar surface area (TPSA) is 56.8 Å². The number of amides is 1. The van der Waals surface area contributed by atoms with Gasteiger partial charge in [-0.1, -0.05) is 12.1 Å². The second-order valence-corrected chi connectivity index (χ2v) is 7.61. The number of ether oxygens (including phenoxy) is 3. The van der Waals surface area contributed by atoms with E-state index in [2.05, 4.69) is 5.32 Å². The van der Waals surface area contributed by atoms with Gasteiger partial charge >= 0.3 is 0 Å². The summed E-state index contributed by atoms with van der Waals surface area (Å²) in [5.41, 5.74) is 1.64. The van der Waals surface area contributed by atoms with Gasteiger partial charge in [0.1, 0.15) is 22.8 Å². The number of nitrogens with one attached hydrogen (secondary N) is 1. The Morgan fingerprint density at radius 2 is 2.00 bits per heavy atom. The first kappa shape index (κ1) is 19.1. The van der Waals surface area contributed by atoms with Crippen LogP contribution in [0, 0.1) is 6.92 Å². The highest BCUT2D eigenvalue weighted by Crippen LogP contribution is 2.41. The number of aryl methyl sites for hydroxylation is 1. The van der Waals surface area contributed by atoms with Crippen LogP contribution in [-0.4, -0.2) is 24.7 Å². The lowest BCUT2D eigenvalue weighted by Gasteiger charge is -2.38. The summed E-state index contributed by atoms with van der Waals surface area (Å²) in [4.78, 5) is 12.8. The Bertz CT molecular complexity index is 831. The maximum absolute atomic E-state index is 12.8. The van der Waals surface area contributed by atoms with Gasteiger partial charge in [0.15, 0.2) is 6.10 Å². The molecule has 3 rings (SSSR count). The van der Waals surface area contributed by atoms with Crippen molar-refractivity contribution in [2.45, 2.75) is 51.9 Å². The molecule has 0 radical (unpaired) electrons. The molecule has 5 nitrogen and oxygen atoms in total. The van der Waals surface area contributed by atoms with Crippen LogP contribution in [0.25, 0.3) is 0 Å².